The molecule has 0 aromatic rings. The molecule has 0 radical (unpaired) electrons. The van der Waals surface area contributed by atoms with Crippen LogP contribution in [-0.4, -0.2) is 45.5 Å². The number of rotatable bonds is 8. The van der Waals surface area contributed by atoms with Crippen molar-refractivity contribution in [3.05, 3.63) is 0 Å². The van der Waals surface area contributed by atoms with Crippen LogP contribution in [0.15, 0.2) is 0 Å². The summed E-state index contributed by atoms with van der Waals surface area (Å²) in [6.07, 6.45) is 0.798. The van der Waals surface area contributed by atoms with Gasteiger partial charge in [0.1, 0.15) is 6.04 Å². The van der Waals surface area contributed by atoms with E-state index in [0.717, 1.165) is 6.42 Å². The Morgan fingerprint density at radius 2 is 2.14 bits per heavy atom. The first kappa shape index (κ1) is 13.4. The molecule has 0 spiro atoms. The second-order valence-electron chi connectivity index (χ2n) is 2.78. The summed E-state index contributed by atoms with van der Waals surface area (Å²) < 4.78 is 14.7. The molecule has 0 aromatic carbocycles. The molecule has 2 N–H and O–H groups in total. The Labute approximate surface area is 84.5 Å². The van der Waals surface area contributed by atoms with Gasteiger partial charge in [0.05, 0.1) is 13.2 Å². The standard InChI is InChI=1S/C9H19NO4/c1-3-14-9(11)8(10)7-13-6-4-5-12-2/h8H,3-7,10H2,1-2H3. The van der Waals surface area contributed by atoms with Crippen molar-refractivity contribution >= 4 is 5.97 Å². The average Bonchev–Trinajstić information content (AvgIpc) is 2.17. The lowest BCUT2D eigenvalue weighted by molar-refractivity contribution is -0.146. The maximum absolute atomic E-state index is 11.0. The topological polar surface area (TPSA) is 70.8 Å². The van der Waals surface area contributed by atoms with Gasteiger partial charge in [-0.25, -0.2) is 0 Å². The van der Waals surface area contributed by atoms with Gasteiger partial charge in [0, 0.05) is 20.3 Å². The minimum Gasteiger partial charge on any atom is -0.465 e. The fourth-order valence-electron chi connectivity index (χ4n) is 0.833. The molecule has 14 heavy (non-hydrogen) atoms. The lowest BCUT2D eigenvalue weighted by atomic mass is 10.3. The molecule has 5 heteroatoms. The molecule has 0 fully saturated rings. The largest absolute Gasteiger partial charge is 0.465 e. The molecule has 0 amide bonds. The van der Waals surface area contributed by atoms with E-state index in [0.29, 0.717) is 19.8 Å². The molecule has 0 aromatic heterocycles. The Morgan fingerprint density at radius 3 is 2.71 bits per heavy atom. The van der Waals surface area contributed by atoms with Crippen molar-refractivity contribution in [2.75, 3.05) is 33.5 Å². The first-order valence-electron chi connectivity index (χ1n) is 4.71. The van der Waals surface area contributed by atoms with Gasteiger partial charge in [-0.1, -0.05) is 0 Å². The van der Waals surface area contributed by atoms with E-state index >= 15 is 0 Å². The molecule has 0 rings (SSSR count). The second-order valence-corrected chi connectivity index (χ2v) is 2.78. The van der Waals surface area contributed by atoms with E-state index in [4.69, 9.17) is 19.9 Å². The Hall–Kier alpha value is -0.650. The SMILES string of the molecule is CCOC(=O)C(N)COCCCOC. The predicted octanol–water partition coefficient (Wildman–Crippen LogP) is -0.0701. The smallest absolute Gasteiger partial charge is 0.325 e. The van der Waals surface area contributed by atoms with E-state index in [1.807, 2.05) is 0 Å². The highest BCUT2D eigenvalue weighted by atomic mass is 16.5. The Balaban J connectivity index is 3.34. The highest BCUT2D eigenvalue weighted by Gasteiger charge is 2.13. The summed E-state index contributed by atoms with van der Waals surface area (Å²) >= 11 is 0. The zero-order valence-corrected chi connectivity index (χ0v) is 8.82. The van der Waals surface area contributed by atoms with Crippen molar-refractivity contribution in [1.82, 2.24) is 0 Å². The number of hydrogen-bond acceptors (Lipinski definition) is 5. The third-order valence-corrected chi connectivity index (χ3v) is 1.52. The third-order valence-electron chi connectivity index (χ3n) is 1.52. The number of carbonyl (C=O) groups is 1. The molecule has 0 bridgehead atoms. The highest BCUT2D eigenvalue weighted by molar-refractivity contribution is 5.75. The Bertz CT molecular complexity index is 152. The predicted molar refractivity (Wildman–Crippen MR) is 51.9 cm³/mol. The van der Waals surface area contributed by atoms with Crippen LogP contribution in [0.25, 0.3) is 0 Å². The van der Waals surface area contributed by atoms with Crippen LogP contribution in [0.5, 0.6) is 0 Å². The zero-order valence-electron chi connectivity index (χ0n) is 8.82. The lowest BCUT2D eigenvalue weighted by Crippen LogP contribution is -2.36. The van der Waals surface area contributed by atoms with Crippen LogP contribution >= 0.6 is 0 Å². The highest BCUT2D eigenvalue weighted by Crippen LogP contribution is 1.89. The van der Waals surface area contributed by atoms with Gasteiger partial charge in [0.25, 0.3) is 0 Å². The van der Waals surface area contributed by atoms with Crippen LogP contribution in [0, 0.1) is 0 Å². The van der Waals surface area contributed by atoms with Crippen molar-refractivity contribution in [1.29, 1.82) is 0 Å². The van der Waals surface area contributed by atoms with Crippen LogP contribution in [0.4, 0.5) is 0 Å². The number of hydrogen-bond donors (Lipinski definition) is 1. The maximum Gasteiger partial charge on any atom is 0.325 e. The number of nitrogens with two attached hydrogens (primary N) is 1. The van der Waals surface area contributed by atoms with Crippen LogP contribution in [0.2, 0.25) is 0 Å². The Kier molecular flexibility index (Phi) is 8.51. The van der Waals surface area contributed by atoms with Gasteiger partial charge in [0.2, 0.25) is 0 Å². The van der Waals surface area contributed by atoms with Crippen LogP contribution in [0.1, 0.15) is 13.3 Å². The molecule has 0 aliphatic rings. The van der Waals surface area contributed by atoms with E-state index in [9.17, 15) is 4.79 Å². The van der Waals surface area contributed by atoms with Gasteiger partial charge in [-0.15, -0.1) is 0 Å². The van der Waals surface area contributed by atoms with Crippen LogP contribution in [-0.2, 0) is 19.0 Å². The van der Waals surface area contributed by atoms with Gasteiger partial charge in [0.15, 0.2) is 0 Å². The van der Waals surface area contributed by atoms with E-state index < -0.39 is 12.0 Å². The molecule has 5 nitrogen and oxygen atoms in total. The molecule has 0 aliphatic heterocycles. The maximum atomic E-state index is 11.0. The number of ether oxygens (including phenoxy) is 3. The molecule has 0 saturated heterocycles. The fourth-order valence-corrected chi connectivity index (χ4v) is 0.833. The number of esters is 1. The third kappa shape index (κ3) is 6.82. The quantitative estimate of drug-likeness (QED) is 0.443. The normalized spacial score (nSPS) is 12.5. The van der Waals surface area contributed by atoms with Crippen molar-refractivity contribution < 1.29 is 19.0 Å². The molecular weight excluding hydrogens is 186 g/mol. The lowest BCUT2D eigenvalue weighted by Gasteiger charge is -2.10. The van der Waals surface area contributed by atoms with E-state index in [2.05, 4.69) is 0 Å². The van der Waals surface area contributed by atoms with Crippen molar-refractivity contribution in [3.63, 3.8) is 0 Å². The van der Waals surface area contributed by atoms with Crippen LogP contribution < -0.4 is 5.73 Å². The van der Waals surface area contributed by atoms with E-state index in [1.165, 1.54) is 0 Å². The molecule has 0 aliphatic carbocycles. The summed E-state index contributed by atoms with van der Waals surface area (Å²) in [6, 6.07) is -0.683. The minimum absolute atomic E-state index is 0.197. The summed E-state index contributed by atoms with van der Waals surface area (Å²) in [5.41, 5.74) is 5.49. The fraction of sp³-hybridized carbons (Fsp3) is 0.889. The molecule has 1 atom stereocenters. The first-order valence-corrected chi connectivity index (χ1v) is 4.71. The van der Waals surface area contributed by atoms with Crippen molar-refractivity contribution in [2.45, 2.75) is 19.4 Å². The van der Waals surface area contributed by atoms with Gasteiger partial charge in [-0.05, 0) is 13.3 Å². The van der Waals surface area contributed by atoms with Gasteiger partial charge in [-0.2, -0.15) is 0 Å². The van der Waals surface area contributed by atoms with Crippen molar-refractivity contribution in [2.24, 2.45) is 5.73 Å². The summed E-state index contributed by atoms with van der Waals surface area (Å²) in [4.78, 5) is 11.0. The molecule has 84 valence electrons. The molecule has 1 unspecified atom stereocenters. The molecular formula is C9H19NO4. The number of methoxy groups -OCH3 is 1. The Morgan fingerprint density at radius 1 is 1.43 bits per heavy atom. The minimum atomic E-state index is -0.683. The second kappa shape index (κ2) is 8.93. The molecule has 0 saturated carbocycles. The monoisotopic (exact) mass is 205 g/mol. The van der Waals surface area contributed by atoms with Crippen molar-refractivity contribution in [3.8, 4) is 0 Å². The summed E-state index contributed by atoms with van der Waals surface area (Å²) in [7, 11) is 1.63. The van der Waals surface area contributed by atoms with E-state index in [1.54, 1.807) is 14.0 Å². The first-order chi connectivity index (χ1) is 6.72. The van der Waals surface area contributed by atoms with Crippen LogP contribution in [0.3, 0.4) is 0 Å². The average molecular weight is 205 g/mol. The summed E-state index contributed by atoms with van der Waals surface area (Å²) in [5.74, 6) is -0.417. The molecule has 0 heterocycles. The zero-order chi connectivity index (χ0) is 10.8. The van der Waals surface area contributed by atoms with E-state index in [-0.39, 0.29) is 6.61 Å². The van der Waals surface area contributed by atoms with Gasteiger partial charge in [-0.3, -0.25) is 4.79 Å². The number of carbonyl (C=O) groups excluding carboxylic acids is 1. The summed E-state index contributed by atoms with van der Waals surface area (Å²) in [6.45, 7) is 3.47. The van der Waals surface area contributed by atoms with Gasteiger partial charge < -0.3 is 19.9 Å². The summed E-state index contributed by atoms with van der Waals surface area (Å²) in [5, 5.41) is 0. The van der Waals surface area contributed by atoms with Gasteiger partial charge >= 0.3 is 5.97 Å².